The molecule has 0 saturated carbocycles. The van der Waals surface area contributed by atoms with Crippen LogP contribution in [0.2, 0.25) is 0 Å². The van der Waals surface area contributed by atoms with E-state index in [1.54, 1.807) is 31.2 Å². The van der Waals surface area contributed by atoms with E-state index in [1.165, 1.54) is 12.8 Å². The van der Waals surface area contributed by atoms with Crippen LogP contribution >= 0.6 is 12.4 Å². The second kappa shape index (κ2) is 8.49. The van der Waals surface area contributed by atoms with Crippen molar-refractivity contribution in [2.75, 3.05) is 11.9 Å². The van der Waals surface area contributed by atoms with Crippen LogP contribution in [0.1, 0.15) is 49.4 Å². The van der Waals surface area contributed by atoms with E-state index < -0.39 is 0 Å². The highest BCUT2D eigenvalue weighted by molar-refractivity contribution is 5.93. The molecule has 5 nitrogen and oxygen atoms in total. The molecule has 2 aliphatic rings. The molecule has 0 radical (unpaired) electrons. The number of esters is 1. The maximum atomic E-state index is 12.2. The van der Waals surface area contributed by atoms with Gasteiger partial charge in [0.25, 0.3) is 0 Å². The molecule has 2 N–H and O–H groups in total. The van der Waals surface area contributed by atoms with Gasteiger partial charge in [-0.15, -0.1) is 12.4 Å². The van der Waals surface area contributed by atoms with Crippen molar-refractivity contribution >= 4 is 30.0 Å². The Morgan fingerprint density at radius 2 is 1.79 bits per heavy atom. The number of piperidine rings is 1. The number of ether oxygens (including phenoxy) is 1. The second-order valence-electron chi connectivity index (χ2n) is 6.53. The Bertz CT molecular complexity index is 564. The fourth-order valence-corrected chi connectivity index (χ4v) is 3.72. The predicted octanol–water partition coefficient (Wildman–Crippen LogP) is 3.14. The van der Waals surface area contributed by atoms with E-state index in [0.717, 1.165) is 18.5 Å². The van der Waals surface area contributed by atoms with Crippen molar-refractivity contribution in [1.82, 2.24) is 5.32 Å². The van der Waals surface area contributed by atoms with Gasteiger partial charge in [-0.2, -0.15) is 0 Å². The van der Waals surface area contributed by atoms with Crippen molar-refractivity contribution in [1.29, 1.82) is 0 Å². The number of hydrogen-bond donors (Lipinski definition) is 2. The molecule has 0 spiro atoms. The Morgan fingerprint density at radius 3 is 2.38 bits per heavy atom. The maximum Gasteiger partial charge on any atom is 0.338 e. The zero-order valence-corrected chi connectivity index (χ0v) is 14.7. The molecule has 132 valence electrons. The van der Waals surface area contributed by atoms with Crippen LogP contribution in [0.4, 0.5) is 5.69 Å². The lowest BCUT2D eigenvalue weighted by atomic mass is 9.89. The highest BCUT2D eigenvalue weighted by atomic mass is 35.5. The molecule has 1 aromatic carbocycles. The molecule has 0 aliphatic carbocycles. The van der Waals surface area contributed by atoms with Crippen molar-refractivity contribution in [2.24, 2.45) is 5.92 Å². The first-order valence-corrected chi connectivity index (χ1v) is 8.47. The number of nitrogens with one attached hydrogen (secondary N) is 2. The summed E-state index contributed by atoms with van der Waals surface area (Å²) in [5, 5.41) is 6.52. The molecular weight excluding hydrogens is 328 g/mol. The summed E-state index contributed by atoms with van der Waals surface area (Å²) < 4.78 is 4.94. The Balaban J connectivity index is 0.00000208. The van der Waals surface area contributed by atoms with Gasteiger partial charge in [0.2, 0.25) is 5.91 Å². The average Bonchev–Trinajstić information content (AvgIpc) is 2.87. The summed E-state index contributed by atoms with van der Waals surface area (Å²) in [5.74, 6) is 0.197. The van der Waals surface area contributed by atoms with E-state index >= 15 is 0 Å². The highest BCUT2D eigenvalue weighted by Gasteiger charge is 2.34. The van der Waals surface area contributed by atoms with Crippen LogP contribution in [0.25, 0.3) is 0 Å². The van der Waals surface area contributed by atoms with Crippen molar-refractivity contribution in [3.05, 3.63) is 29.8 Å². The molecule has 1 amide bonds. The van der Waals surface area contributed by atoms with Crippen LogP contribution in [0.15, 0.2) is 24.3 Å². The minimum absolute atomic E-state index is 0. The molecule has 2 unspecified atom stereocenters. The Kier molecular flexibility index (Phi) is 6.63. The van der Waals surface area contributed by atoms with Crippen molar-refractivity contribution in [3.8, 4) is 0 Å². The van der Waals surface area contributed by atoms with Gasteiger partial charge < -0.3 is 15.4 Å². The van der Waals surface area contributed by atoms with Gasteiger partial charge in [-0.25, -0.2) is 4.79 Å². The van der Waals surface area contributed by atoms with Crippen molar-refractivity contribution < 1.29 is 14.3 Å². The van der Waals surface area contributed by atoms with E-state index in [9.17, 15) is 9.59 Å². The van der Waals surface area contributed by atoms with Gasteiger partial charge >= 0.3 is 5.97 Å². The molecule has 2 atom stereocenters. The van der Waals surface area contributed by atoms with Gasteiger partial charge in [0.15, 0.2) is 0 Å². The lowest BCUT2D eigenvalue weighted by Gasteiger charge is -2.28. The molecule has 0 aromatic heterocycles. The van der Waals surface area contributed by atoms with Crippen LogP contribution < -0.4 is 10.6 Å². The number of hydrogen-bond acceptors (Lipinski definition) is 4. The van der Waals surface area contributed by atoms with Gasteiger partial charge in [0, 0.05) is 24.2 Å². The van der Waals surface area contributed by atoms with Crippen LogP contribution in [-0.4, -0.2) is 30.6 Å². The number of halogens is 1. The fraction of sp³-hybridized carbons (Fsp3) is 0.556. The lowest BCUT2D eigenvalue weighted by Crippen LogP contribution is -2.39. The van der Waals surface area contributed by atoms with Crippen LogP contribution in [0.5, 0.6) is 0 Å². The molecule has 3 rings (SSSR count). The summed E-state index contributed by atoms with van der Waals surface area (Å²) >= 11 is 0. The summed E-state index contributed by atoms with van der Waals surface area (Å²) in [6.45, 7) is 2.13. The van der Waals surface area contributed by atoms with Gasteiger partial charge in [-0.1, -0.05) is 0 Å². The second-order valence-corrected chi connectivity index (χ2v) is 6.53. The zero-order valence-electron chi connectivity index (χ0n) is 13.9. The smallest absolute Gasteiger partial charge is 0.338 e. The summed E-state index contributed by atoms with van der Waals surface area (Å²) in [7, 11) is 0. The molecule has 2 fully saturated rings. The number of fused-ring (bicyclic) bond motifs is 2. The number of anilines is 1. The predicted molar refractivity (Wildman–Crippen MR) is 95.6 cm³/mol. The number of carbonyl (C=O) groups excluding carboxylic acids is 2. The summed E-state index contributed by atoms with van der Waals surface area (Å²) in [4.78, 5) is 23.8. The Morgan fingerprint density at radius 1 is 1.17 bits per heavy atom. The fourth-order valence-electron chi connectivity index (χ4n) is 3.72. The lowest BCUT2D eigenvalue weighted by molar-refractivity contribution is -0.117. The quantitative estimate of drug-likeness (QED) is 0.799. The van der Waals surface area contributed by atoms with Gasteiger partial charge in [0.05, 0.1) is 12.2 Å². The molecule has 2 aliphatic heterocycles. The molecular formula is C18H25ClN2O3. The molecule has 2 saturated heterocycles. The minimum Gasteiger partial charge on any atom is -0.462 e. The van der Waals surface area contributed by atoms with Crippen molar-refractivity contribution in [2.45, 2.75) is 51.1 Å². The van der Waals surface area contributed by atoms with Crippen LogP contribution in [0.3, 0.4) is 0 Å². The molecule has 24 heavy (non-hydrogen) atoms. The third kappa shape index (κ3) is 4.71. The standard InChI is InChI=1S/C18H24N2O3.ClH/c1-2-23-18(22)13-3-5-14(6-4-13)20-17(21)11-12-9-15-7-8-16(10-12)19-15;/h3-6,12,15-16,19H,2,7-11H2,1H3,(H,20,21);1H. The molecule has 6 heteroatoms. The number of rotatable bonds is 5. The summed E-state index contributed by atoms with van der Waals surface area (Å²) in [6.07, 6.45) is 5.28. The highest BCUT2D eigenvalue weighted by Crippen LogP contribution is 2.32. The minimum atomic E-state index is -0.337. The van der Waals surface area contributed by atoms with E-state index in [0.29, 0.717) is 36.6 Å². The third-order valence-corrected chi connectivity index (χ3v) is 4.72. The first-order chi connectivity index (χ1) is 11.1. The van der Waals surface area contributed by atoms with Crippen LogP contribution in [0, 0.1) is 5.92 Å². The molecule has 2 heterocycles. The topological polar surface area (TPSA) is 67.4 Å². The molecule has 2 bridgehead atoms. The van der Waals surface area contributed by atoms with E-state index in [2.05, 4.69) is 10.6 Å². The summed E-state index contributed by atoms with van der Waals surface area (Å²) in [6, 6.07) is 8.06. The summed E-state index contributed by atoms with van der Waals surface area (Å²) in [5.41, 5.74) is 1.22. The first kappa shape index (κ1) is 18.7. The monoisotopic (exact) mass is 352 g/mol. The van der Waals surface area contributed by atoms with Gasteiger partial charge in [-0.05, 0) is 62.8 Å². The van der Waals surface area contributed by atoms with E-state index in [1.807, 2.05) is 0 Å². The van der Waals surface area contributed by atoms with Crippen molar-refractivity contribution in [3.63, 3.8) is 0 Å². The normalized spacial score (nSPS) is 24.8. The first-order valence-electron chi connectivity index (χ1n) is 8.47. The Labute approximate surface area is 148 Å². The number of carbonyl (C=O) groups is 2. The van der Waals surface area contributed by atoms with Gasteiger partial charge in [0.1, 0.15) is 0 Å². The Hall–Kier alpha value is -1.59. The average molecular weight is 353 g/mol. The van der Waals surface area contributed by atoms with Gasteiger partial charge in [-0.3, -0.25) is 4.79 Å². The SMILES string of the molecule is CCOC(=O)c1ccc(NC(=O)CC2CC3CCC(C2)N3)cc1.Cl. The number of amides is 1. The molecule has 1 aromatic rings. The van der Waals surface area contributed by atoms with Crippen LogP contribution in [-0.2, 0) is 9.53 Å². The zero-order chi connectivity index (χ0) is 16.2. The third-order valence-electron chi connectivity index (χ3n) is 4.72. The largest absolute Gasteiger partial charge is 0.462 e. The number of benzene rings is 1. The maximum absolute atomic E-state index is 12.2. The van der Waals surface area contributed by atoms with E-state index in [-0.39, 0.29) is 24.3 Å². The van der Waals surface area contributed by atoms with E-state index in [4.69, 9.17) is 4.74 Å².